The van der Waals surface area contributed by atoms with Crippen LogP contribution < -0.4 is 4.74 Å². The summed E-state index contributed by atoms with van der Waals surface area (Å²) in [5, 5.41) is 10.7. The predicted molar refractivity (Wildman–Crippen MR) is 107 cm³/mol. The van der Waals surface area contributed by atoms with Crippen LogP contribution in [0.3, 0.4) is 0 Å². The Balaban J connectivity index is 2.00. The lowest BCUT2D eigenvalue weighted by Crippen LogP contribution is -2.06. The number of aliphatic imine (C=N–C) groups is 1. The van der Waals surface area contributed by atoms with E-state index in [-0.39, 0.29) is 23.0 Å². The first-order chi connectivity index (χ1) is 13.2. The minimum Gasteiger partial charge on any atom is -0.425 e. The Hall–Kier alpha value is -2.85. The minimum absolute atomic E-state index is 0.00763. The van der Waals surface area contributed by atoms with Gasteiger partial charge in [0.25, 0.3) is 5.69 Å². The number of ether oxygens (including phenoxy) is 2. The fourth-order valence-electron chi connectivity index (χ4n) is 2.34. The van der Waals surface area contributed by atoms with E-state index in [0.29, 0.717) is 20.1 Å². The summed E-state index contributed by atoms with van der Waals surface area (Å²) in [6.45, 7) is 1.26. The Morgan fingerprint density at radius 1 is 1.25 bits per heavy atom. The van der Waals surface area contributed by atoms with Crippen molar-refractivity contribution >= 4 is 61.5 Å². The molecule has 142 valence electrons. The van der Waals surface area contributed by atoms with Gasteiger partial charge in [0, 0.05) is 34.7 Å². The van der Waals surface area contributed by atoms with Crippen LogP contribution in [0.5, 0.6) is 5.75 Å². The number of rotatable bonds is 4. The standard InChI is InChI=1S/C18H10Br2N2O6/c1-9(23)27-16-11(6-12(19)8-14(16)20)7-15-18(24)28-17(21-15)10-2-4-13(5-3-10)22(25)26/h2-8H,1H3/b15-7-. The molecule has 0 N–H and O–H groups in total. The van der Waals surface area contributed by atoms with Crippen molar-refractivity contribution in [1.82, 2.24) is 0 Å². The number of hydrogen-bond acceptors (Lipinski definition) is 7. The molecule has 2 aromatic rings. The van der Waals surface area contributed by atoms with Gasteiger partial charge < -0.3 is 9.47 Å². The van der Waals surface area contributed by atoms with Crippen molar-refractivity contribution in [3.05, 3.63) is 72.3 Å². The molecule has 0 spiro atoms. The summed E-state index contributed by atoms with van der Waals surface area (Å²) in [6, 6.07) is 8.80. The highest BCUT2D eigenvalue weighted by molar-refractivity contribution is 9.11. The number of cyclic esters (lactones) is 1. The molecule has 3 rings (SSSR count). The summed E-state index contributed by atoms with van der Waals surface area (Å²) < 4.78 is 11.6. The molecule has 1 aliphatic heterocycles. The van der Waals surface area contributed by atoms with Crippen molar-refractivity contribution in [1.29, 1.82) is 0 Å². The Morgan fingerprint density at radius 3 is 2.54 bits per heavy atom. The largest absolute Gasteiger partial charge is 0.425 e. The first-order valence-corrected chi connectivity index (χ1v) is 9.28. The first-order valence-electron chi connectivity index (χ1n) is 7.69. The molecule has 0 unspecified atom stereocenters. The second-order valence-electron chi connectivity index (χ2n) is 5.54. The SMILES string of the molecule is CC(=O)Oc1c(Br)cc(Br)cc1/C=C1\N=C(c2ccc([N+](=O)[O-])cc2)OC1=O. The van der Waals surface area contributed by atoms with Crippen LogP contribution in [0.4, 0.5) is 5.69 Å². The van der Waals surface area contributed by atoms with Gasteiger partial charge in [0.2, 0.25) is 5.90 Å². The Morgan fingerprint density at radius 2 is 1.93 bits per heavy atom. The number of non-ortho nitro benzene ring substituents is 1. The van der Waals surface area contributed by atoms with E-state index < -0.39 is 16.9 Å². The Kier molecular flexibility index (Phi) is 5.71. The molecule has 0 saturated carbocycles. The fourth-order valence-corrected chi connectivity index (χ4v) is 3.68. The topological polar surface area (TPSA) is 108 Å². The number of esters is 2. The van der Waals surface area contributed by atoms with Gasteiger partial charge in [-0.3, -0.25) is 14.9 Å². The average Bonchev–Trinajstić information content (AvgIpc) is 2.98. The zero-order chi connectivity index (χ0) is 20.4. The third kappa shape index (κ3) is 4.34. The maximum atomic E-state index is 12.2. The van der Waals surface area contributed by atoms with Crippen LogP contribution in [0.15, 0.2) is 56.0 Å². The van der Waals surface area contributed by atoms with Gasteiger partial charge in [0.05, 0.1) is 9.40 Å². The highest BCUT2D eigenvalue weighted by Crippen LogP contribution is 2.35. The van der Waals surface area contributed by atoms with Crippen LogP contribution in [-0.2, 0) is 14.3 Å². The molecule has 0 saturated heterocycles. The number of carbonyl (C=O) groups is 2. The number of nitrogens with zero attached hydrogens (tertiary/aromatic N) is 2. The van der Waals surface area contributed by atoms with Crippen molar-refractivity contribution in [2.75, 3.05) is 0 Å². The highest BCUT2D eigenvalue weighted by Gasteiger charge is 2.25. The molecule has 0 atom stereocenters. The second kappa shape index (κ2) is 8.03. The molecule has 1 aliphatic rings. The molecular formula is C18H10Br2N2O6. The van der Waals surface area contributed by atoms with Crippen molar-refractivity contribution in [3.63, 3.8) is 0 Å². The number of halogens is 2. The van der Waals surface area contributed by atoms with E-state index in [0.717, 1.165) is 0 Å². The summed E-state index contributed by atoms with van der Waals surface area (Å²) >= 11 is 6.65. The number of hydrogen-bond donors (Lipinski definition) is 0. The molecule has 8 nitrogen and oxygen atoms in total. The normalized spacial score (nSPS) is 14.6. The van der Waals surface area contributed by atoms with Gasteiger partial charge in [-0.15, -0.1) is 0 Å². The summed E-state index contributed by atoms with van der Waals surface area (Å²) in [5.41, 5.74) is 0.747. The van der Waals surface area contributed by atoms with Crippen LogP contribution in [0, 0.1) is 10.1 Å². The van der Waals surface area contributed by atoms with E-state index in [9.17, 15) is 19.7 Å². The molecule has 1 heterocycles. The lowest BCUT2D eigenvalue weighted by atomic mass is 10.1. The van der Waals surface area contributed by atoms with Gasteiger partial charge in [-0.25, -0.2) is 9.79 Å². The third-order valence-electron chi connectivity index (χ3n) is 3.52. The molecule has 2 aromatic carbocycles. The summed E-state index contributed by atoms with van der Waals surface area (Å²) in [5.74, 6) is -0.964. The zero-order valence-corrected chi connectivity index (χ0v) is 17.3. The lowest BCUT2D eigenvalue weighted by Gasteiger charge is -2.09. The van der Waals surface area contributed by atoms with Gasteiger partial charge in [-0.1, -0.05) is 15.9 Å². The number of nitro groups is 1. The van der Waals surface area contributed by atoms with Gasteiger partial charge in [0.1, 0.15) is 0 Å². The molecule has 0 bridgehead atoms. The number of carbonyl (C=O) groups excluding carboxylic acids is 2. The Labute approximate surface area is 175 Å². The van der Waals surface area contributed by atoms with Crippen LogP contribution in [0.2, 0.25) is 0 Å². The molecule has 0 radical (unpaired) electrons. The summed E-state index contributed by atoms with van der Waals surface area (Å²) in [6.07, 6.45) is 1.43. The van der Waals surface area contributed by atoms with E-state index in [1.165, 1.54) is 37.3 Å². The fraction of sp³-hybridized carbons (Fsp3) is 0.0556. The number of nitro benzene ring substituents is 1. The number of benzene rings is 2. The maximum Gasteiger partial charge on any atom is 0.363 e. The van der Waals surface area contributed by atoms with E-state index in [4.69, 9.17) is 9.47 Å². The smallest absolute Gasteiger partial charge is 0.363 e. The van der Waals surface area contributed by atoms with Crippen molar-refractivity contribution in [2.45, 2.75) is 6.92 Å². The van der Waals surface area contributed by atoms with Gasteiger partial charge in [-0.05, 0) is 46.3 Å². The highest BCUT2D eigenvalue weighted by atomic mass is 79.9. The van der Waals surface area contributed by atoms with Crippen LogP contribution in [-0.4, -0.2) is 22.8 Å². The third-order valence-corrected chi connectivity index (χ3v) is 4.57. The molecular weight excluding hydrogens is 500 g/mol. The monoisotopic (exact) mass is 508 g/mol. The van der Waals surface area contributed by atoms with Crippen LogP contribution in [0.25, 0.3) is 6.08 Å². The molecule has 10 heteroatoms. The van der Waals surface area contributed by atoms with Gasteiger partial charge in [0.15, 0.2) is 11.4 Å². The minimum atomic E-state index is -0.696. The predicted octanol–water partition coefficient (Wildman–Crippen LogP) is 4.39. The van der Waals surface area contributed by atoms with Gasteiger partial charge in [-0.2, -0.15) is 0 Å². The van der Waals surface area contributed by atoms with E-state index in [1.54, 1.807) is 12.1 Å². The van der Waals surface area contributed by atoms with Crippen LogP contribution in [0.1, 0.15) is 18.1 Å². The molecule has 0 aromatic heterocycles. The maximum absolute atomic E-state index is 12.2. The molecule has 0 fully saturated rings. The molecule has 0 amide bonds. The van der Waals surface area contributed by atoms with E-state index in [1.807, 2.05) is 0 Å². The first kappa shape index (κ1) is 19.9. The summed E-state index contributed by atoms with van der Waals surface area (Å²) in [4.78, 5) is 37.9. The van der Waals surface area contributed by atoms with Crippen molar-refractivity contribution in [2.24, 2.45) is 4.99 Å². The van der Waals surface area contributed by atoms with Crippen molar-refractivity contribution in [3.8, 4) is 5.75 Å². The lowest BCUT2D eigenvalue weighted by molar-refractivity contribution is -0.384. The molecule has 28 heavy (non-hydrogen) atoms. The average molecular weight is 510 g/mol. The van der Waals surface area contributed by atoms with Crippen molar-refractivity contribution < 1.29 is 24.0 Å². The quantitative estimate of drug-likeness (QED) is 0.199. The van der Waals surface area contributed by atoms with E-state index >= 15 is 0 Å². The molecule has 0 aliphatic carbocycles. The summed E-state index contributed by atoms with van der Waals surface area (Å²) in [7, 11) is 0. The van der Waals surface area contributed by atoms with Crippen LogP contribution >= 0.6 is 31.9 Å². The Bertz CT molecular complexity index is 1060. The van der Waals surface area contributed by atoms with Gasteiger partial charge >= 0.3 is 11.9 Å². The second-order valence-corrected chi connectivity index (χ2v) is 7.31. The zero-order valence-electron chi connectivity index (χ0n) is 14.1. The van der Waals surface area contributed by atoms with E-state index in [2.05, 4.69) is 36.9 Å².